The largest absolute Gasteiger partial charge is 0.460 e. The molecule has 0 aliphatic carbocycles. The van der Waals surface area contributed by atoms with Gasteiger partial charge in [-0.25, -0.2) is 14.4 Å². The smallest absolute Gasteiger partial charge is 0.387 e. The number of oxazole rings is 2. The molecule has 2 fully saturated rings. The molecule has 0 bridgehead atoms. The van der Waals surface area contributed by atoms with Crippen LogP contribution in [0, 0.1) is 25.5 Å². The maximum atomic E-state index is 15.4. The molecule has 8 rings (SSSR count). The lowest BCUT2D eigenvalue weighted by atomic mass is 9.91. The number of hydrogen-bond acceptors (Lipinski definition) is 9. The summed E-state index contributed by atoms with van der Waals surface area (Å²) in [4.78, 5) is 23.9. The Hall–Kier alpha value is -5.27. The van der Waals surface area contributed by atoms with Gasteiger partial charge in [-0.2, -0.15) is 13.2 Å². The summed E-state index contributed by atoms with van der Waals surface area (Å²) in [5.41, 5.74) is 5.67. The quantitative estimate of drug-likeness (QED) is 0.109. The predicted octanol–water partition coefficient (Wildman–Crippen LogP) is 9.25. The Balaban J connectivity index is 1.11. The number of hydrogen-bond donors (Lipinski definition) is 1. The van der Waals surface area contributed by atoms with E-state index in [2.05, 4.69) is 27.1 Å². The Kier molecular flexibility index (Phi) is 9.61. The summed E-state index contributed by atoms with van der Waals surface area (Å²) in [6.07, 6.45) is 3.53. The fourth-order valence-electron chi connectivity index (χ4n) is 7.62. The first-order chi connectivity index (χ1) is 26.0. The van der Waals surface area contributed by atoms with Gasteiger partial charge < -0.3 is 23.6 Å². The minimum absolute atomic E-state index is 0.171. The average Bonchev–Trinajstić information content (AvgIpc) is 3.98. The molecule has 0 spiro atoms. The van der Waals surface area contributed by atoms with E-state index in [-0.39, 0.29) is 51.9 Å². The molecule has 2 atom stereocenters. The lowest BCUT2D eigenvalue weighted by Gasteiger charge is -2.21. The molecule has 6 aromatic rings. The molecule has 2 aromatic heterocycles. The average molecular weight is 743 g/mol. The van der Waals surface area contributed by atoms with Crippen molar-refractivity contribution in [2.24, 2.45) is 0 Å². The second kappa shape index (κ2) is 14.5. The van der Waals surface area contributed by atoms with Crippen molar-refractivity contribution in [3.63, 3.8) is 0 Å². The van der Waals surface area contributed by atoms with Crippen LogP contribution in [0.1, 0.15) is 54.9 Å². The van der Waals surface area contributed by atoms with Gasteiger partial charge in [0.2, 0.25) is 17.6 Å². The fraction of sp³-hybridized carbons (Fsp3) is 0.341. The molecule has 13 heteroatoms. The molecule has 2 saturated heterocycles. The molecule has 2 aliphatic rings. The van der Waals surface area contributed by atoms with Crippen LogP contribution in [0.4, 0.5) is 17.6 Å². The number of likely N-dealkylation sites (tertiary alicyclic amines) is 1. The molecular formula is C41H38F4N4O5. The fourth-order valence-corrected chi connectivity index (χ4v) is 7.62. The highest BCUT2D eigenvalue weighted by Crippen LogP contribution is 2.39. The van der Waals surface area contributed by atoms with E-state index in [0.717, 1.165) is 48.1 Å². The number of halogens is 4. The topological polar surface area (TPSA) is 103 Å². The molecular weight excluding hydrogens is 704 g/mol. The highest BCUT2D eigenvalue weighted by Gasteiger charge is 2.27. The van der Waals surface area contributed by atoms with Gasteiger partial charge in [0.05, 0.1) is 0 Å². The molecule has 1 N–H and O–H groups in total. The first-order valence-corrected chi connectivity index (χ1v) is 18.1. The molecule has 280 valence electrons. The molecule has 4 heterocycles. The summed E-state index contributed by atoms with van der Waals surface area (Å²) >= 11 is 0. The van der Waals surface area contributed by atoms with Crippen LogP contribution < -0.4 is 10.1 Å². The Bertz CT molecular complexity index is 2390. The summed E-state index contributed by atoms with van der Waals surface area (Å²) in [5.74, 6) is -2.19. The first kappa shape index (κ1) is 35.7. The van der Waals surface area contributed by atoms with Gasteiger partial charge in [-0.15, -0.1) is 0 Å². The van der Waals surface area contributed by atoms with Crippen molar-refractivity contribution in [3.05, 3.63) is 88.5 Å². The van der Waals surface area contributed by atoms with Crippen LogP contribution in [0.25, 0.3) is 56.2 Å². The lowest BCUT2D eigenvalue weighted by molar-refractivity contribution is -0.147. The minimum Gasteiger partial charge on any atom is -0.460 e. The van der Waals surface area contributed by atoms with Crippen molar-refractivity contribution in [2.75, 3.05) is 13.1 Å². The molecule has 9 nitrogen and oxygen atoms in total. The molecule has 0 radical (unpaired) electrons. The van der Waals surface area contributed by atoms with Crippen molar-refractivity contribution in [1.29, 1.82) is 0 Å². The van der Waals surface area contributed by atoms with Crippen LogP contribution in [-0.4, -0.2) is 52.6 Å². The van der Waals surface area contributed by atoms with E-state index in [1.807, 2.05) is 50.2 Å². The Labute approximate surface area is 308 Å². The van der Waals surface area contributed by atoms with Crippen molar-refractivity contribution >= 4 is 28.2 Å². The number of alkyl halides is 2. The van der Waals surface area contributed by atoms with Crippen molar-refractivity contribution in [2.45, 2.75) is 78.3 Å². The number of esters is 1. The van der Waals surface area contributed by atoms with E-state index in [1.165, 1.54) is 12.1 Å². The number of ether oxygens (including phenoxy) is 2. The maximum absolute atomic E-state index is 15.4. The number of fused-ring (bicyclic) bond motifs is 2. The van der Waals surface area contributed by atoms with Crippen LogP contribution in [0.15, 0.2) is 63.4 Å². The van der Waals surface area contributed by atoms with Gasteiger partial charge in [-0.05, 0) is 106 Å². The number of rotatable bonds is 10. The van der Waals surface area contributed by atoms with E-state index in [0.29, 0.717) is 42.2 Å². The maximum Gasteiger partial charge on any atom is 0.387 e. The number of nitrogens with zero attached hydrogens (tertiary/aromatic N) is 3. The van der Waals surface area contributed by atoms with Crippen LogP contribution in [-0.2, 0) is 22.7 Å². The molecule has 0 saturated carbocycles. The van der Waals surface area contributed by atoms with Gasteiger partial charge in [0, 0.05) is 40.9 Å². The summed E-state index contributed by atoms with van der Waals surface area (Å²) < 4.78 is 79.6. The zero-order valence-electron chi connectivity index (χ0n) is 30.0. The Morgan fingerprint density at radius 1 is 0.889 bits per heavy atom. The van der Waals surface area contributed by atoms with E-state index < -0.39 is 30.3 Å². The SMILES string of the molecule is Cc1c(-c2nc3cc(COC(=O)[C@@H]4CCCN4)c(OC(F)F)cc3o2)cccc1-c1cccc(-c2nc3cc(CN4CCCC4C)c(F)c(F)c3o2)c1C. The number of nitrogens with one attached hydrogen (secondary N) is 1. The Morgan fingerprint density at radius 2 is 1.56 bits per heavy atom. The third-order valence-electron chi connectivity index (χ3n) is 10.6. The monoisotopic (exact) mass is 742 g/mol. The number of carbonyl (C=O) groups is 1. The molecule has 4 aromatic carbocycles. The summed E-state index contributed by atoms with van der Waals surface area (Å²) in [6, 6.07) is 15.5. The second-order valence-electron chi connectivity index (χ2n) is 14.0. The van der Waals surface area contributed by atoms with Crippen LogP contribution in [0.5, 0.6) is 5.75 Å². The number of carbonyl (C=O) groups excluding carboxylic acids is 1. The second-order valence-corrected chi connectivity index (χ2v) is 14.0. The molecule has 1 unspecified atom stereocenters. The van der Waals surface area contributed by atoms with E-state index in [1.54, 1.807) is 6.07 Å². The van der Waals surface area contributed by atoms with E-state index in [9.17, 15) is 13.6 Å². The van der Waals surface area contributed by atoms with Crippen molar-refractivity contribution < 1.29 is 40.7 Å². The third-order valence-corrected chi connectivity index (χ3v) is 10.6. The highest BCUT2D eigenvalue weighted by atomic mass is 19.3. The highest BCUT2D eigenvalue weighted by molar-refractivity contribution is 5.85. The van der Waals surface area contributed by atoms with Crippen LogP contribution in [0.2, 0.25) is 0 Å². The first-order valence-electron chi connectivity index (χ1n) is 18.1. The van der Waals surface area contributed by atoms with Gasteiger partial charge in [-0.3, -0.25) is 9.69 Å². The molecule has 2 aliphatic heterocycles. The molecule has 54 heavy (non-hydrogen) atoms. The third kappa shape index (κ3) is 6.70. The standard InChI is InChI=1S/C41H38F4N4O5/c1-21-8-7-15-49(21)19-24-16-32-37(36(43)35(24)42)54-39(48-32)29-12-5-10-27(23(29)3)26-9-4-11-28(22(26)2)38-47-31-17-25(20-51-40(50)30-13-6-14-46-30)33(53-41(44)45)18-34(31)52-38/h4-5,9-12,16-18,21,30,41,46H,6-8,13-15,19-20H2,1-3H3/t21?,30-/m0/s1. The van der Waals surface area contributed by atoms with Gasteiger partial charge >= 0.3 is 12.6 Å². The number of benzene rings is 4. The Morgan fingerprint density at radius 3 is 2.20 bits per heavy atom. The van der Waals surface area contributed by atoms with Gasteiger partial charge in [0.25, 0.3) is 0 Å². The summed E-state index contributed by atoms with van der Waals surface area (Å²) in [7, 11) is 0. The van der Waals surface area contributed by atoms with Gasteiger partial charge in [0.15, 0.2) is 17.0 Å². The minimum atomic E-state index is -3.11. The van der Waals surface area contributed by atoms with Crippen LogP contribution >= 0.6 is 0 Å². The normalized spacial score (nSPS) is 17.7. The number of aromatic nitrogens is 2. The lowest BCUT2D eigenvalue weighted by Crippen LogP contribution is -2.32. The predicted molar refractivity (Wildman–Crippen MR) is 194 cm³/mol. The van der Waals surface area contributed by atoms with Crippen molar-refractivity contribution in [1.82, 2.24) is 20.2 Å². The van der Waals surface area contributed by atoms with Crippen molar-refractivity contribution in [3.8, 4) is 39.8 Å². The van der Waals surface area contributed by atoms with E-state index >= 15 is 8.78 Å². The van der Waals surface area contributed by atoms with E-state index in [4.69, 9.17) is 18.3 Å². The van der Waals surface area contributed by atoms with Gasteiger partial charge in [0.1, 0.15) is 29.4 Å². The molecule has 0 amide bonds. The summed E-state index contributed by atoms with van der Waals surface area (Å²) in [5, 5.41) is 3.06. The zero-order chi connectivity index (χ0) is 37.7. The zero-order valence-corrected chi connectivity index (χ0v) is 30.0. The summed E-state index contributed by atoms with van der Waals surface area (Å²) in [6.45, 7) is 4.37. The van der Waals surface area contributed by atoms with Crippen LogP contribution in [0.3, 0.4) is 0 Å². The van der Waals surface area contributed by atoms with Gasteiger partial charge in [-0.1, -0.05) is 24.3 Å².